The van der Waals surface area contributed by atoms with Gasteiger partial charge in [-0.1, -0.05) is 23.7 Å². The molecule has 0 unspecified atom stereocenters. The second-order valence-electron chi connectivity index (χ2n) is 7.64. The number of rotatable bonds is 7. The zero-order valence-corrected chi connectivity index (χ0v) is 18.1. The Labute approximate surface area is 189 Å². The number of aliphatic hydroxyl groups excluding tert-OH is 1. The molecule has 3 atom stereocenters. The van der Waals surface area contributed by atoms with E-state index < -0.39 is 12.2 Å². The van der Waals surface area contributed by atoms with Crippen molar-refractivity contribution in [3.63, 3.8) is 0 Å². The van der Waals surface area contributed by atoms with E-state index in [-0.39, 0.29) is 24.8 Å². The van der Waals surface area contributed by atoms with Gasteiger partial charge in [0.25, 0.3) is 5.56 Å². The number of hydrogen-bond acceptors (Lipinski definition) is 6. The quantitative estimate of drug-likeness (QED) is 0.563. The Bertz CT molecular complexity index is 1130. The molecule has 7 nitrogen and oxygen atoms in total. The Morgan fingerprint density at radius 3 is 2.94 bits per heavy atom. The van der Waals surface area contributed by atoms with Crippen LogP contribution in [-0.2, 0) is 4.74 Å². The van der Waals surface area contributed by atoms with Gasteiger partial charge in [-0.05, 0) is 42.7 Å². The molecule has 3 aromatic rings. The van der Waals surface area contributed by atoms with E-state index in [2.05, 4.69) is 15.3 Å². The van der Waals surface area contributed by atoms with Gasteiger partial charge >= 0.3 is 0 Å². The van der Waals surface area contributed by atoms with Crippen LogP contribution in [0.3, 0.4) is 0 Å². The highest BCUT2D eigenvalue weighted by atomic mass is 35.5. The van der Waals surface area contributed by atoms with Crippen LogP contribution >= 0.6 is 11.6 Å². The summed E-state index contributed by atoms with van der Waals surface area (Å²) in [6.45, 7) is 0.461. The van der Waals surface area contributed by atoms with Crippen LogP contribution < -0.4 is 10.9 Å². The lowest BCUT2D eigenvalue weighted by Crippen LogP contribution is -2.39. The summed E-state index contributed by atoms with van der Waals surface area (Å²) in [5.74, 6) is 0.304. The average Bonchev–Trinajstić information content (AvgIpc) is 2.79. The van der Waals surface area contributed by atoms with Crippen molar-refractivity contribution >= 4 is 17.5 Å². The van der Waals surface area contributed by atoms with Crippen LogP contribution in [0.15, 0.2) is 59.7 Å². The van der Waals surface area contributed by atoms with E-state index in [1.54, 1.807) is 41.2 Å². The van der Waals surface area contributed by atoms with E-state index in [0.29, 0.717) is 41.7 Å². The minimum atomic E-state index is -1.13. The largest absolute Gasteiger partial charge is 0.396 e. The van der Waals surface area contributed by atoms with Gasteiger partial charge in [-0.15, -0.1) is 0 Å². The fourth-order valence-corrected chi connectivity index (χ4v) is 4.03. The van der Waals surface area contributed by atoms with Gasteiger partial charge < -0.3 is 19.7 Å². The molecule has 2 aromatic heterocycles. The smallest absolute Gasteiger partial charge is 0.251 e. The van der Waals surface area contributed by atoms with Gasteiger partial charge in [0.1, 0.15) is 6.17 Å². The van der Waals surface area contributed by atoms with Crippen LogP contribution in [0.25, 0.3) is 11.3 Å². The highest BCUT2D eigenvalue weighted by Crippen LogP contribution is 2.25. The first kappa shape index (κ1) is 22.4. The Kier molecular flexibility index (Phi) is 7.14. The molecule has 1 aromatic carbocycles. The van der Waals surface area contributed by atoms with Crippen molar-refractivity contribution in [3.8, 4) is 11.3 Å². The molecule has 1 aliphatic rings. The first-order valence-electron chi connectivity index (χ1n) is 10.5. The molecule has 3 heterocycles. The highest BCUT2D eigenvalue weighted by Gasteiger charge is 2.26. The highest BCUT2D eigenvalue weighted by molar-refractivity contribution is 6.30. The standard InChI is InChI=1S/C23H24ClFN4O3/c24-17-3-1-2-16(12-17)21(6-10-30)29-9-5-15(13-22(29)31)19-4-8-26-23(27-19)28-20-7-11-32-14-18(20)25/h1-5,8-9,12-13,18,20-21,30H,6-7,10-11,14H2,(H,26,27,28)/t18-,20-,21-/m1/s1. The van der Waals surface area contributed by atoms with E-state index >= 15 is 0 Å². The molecule has 0 bridgehead atoms. The van der Waals surface area contributed by atoms with Crippen LogP contribution in [0.1, 0.15) is 24.4 Å². The van der Waals surface area contributed by atoms with Gasteiger partial charge in [-0.25, -0.2) is 14.4 Å². The molecule has 9 heteroatoms. The number of ether oxygens (including phenoxy) is 1. The monoisotopic (exact) mass is 458 g/mol. The molecule has 1 saturated heterocycles. The van der Waals surface area contributed by atoms with Crippen molar-refractivity contribution < 1.29 is 14.2 Å². The summed E-state index contributed by atoms with van der Waals surface area (Å²) in [6, 6.07) is 11.5. The number of aromatic nitrogens is 3. The van der Waals surface area contributed by atoms with Gasteiger partial charge in [-0.2, -0.15) is 0 Å². The number of nitrogens with zero attached hydrogens (tertiary/aromatic N) is 3. The second-order valence-corrected chi connectivity index (χ2v) is 8.08. The van der Waals surface area contributed by atoms with E-state index in [1.807, 2.05) is 12.1 Å². The maximum Gasteiger partial charge on any atom is 0.251 e. The van der Waals surface area contributed by atoms with Crippen molar-refractivity contribution in [2.75, 3.05) is 25.1 Å². The molecule has 1 fully saturated rings. The summed E-state index contributed by atoms with van der Waals surface area (Å²) in [4.78, 5) is 21.6. The maximum absolute atomic E-state index is 14.0. The van der Waals surface area contributed by atoms with Crippen LogP contribution in [0, 0.1) is 0 Å². The number of hydrogen-bond donors (Lipinski definition) is 2. The molecule has 168 valence electrons. The van der Waals surface area contributed by atoms with Crippen molar-refractivity contribution in [2.24, 2.45) is 0 Å². The topological polar surface area (TPSA) is 89.3 Å². The number of halogens is 2. The van der Waals surface area contributed by atoms with Crippen LogP contribution in [0.4, 0.5) is 10.3 Å². The zero-order chi connectivity index (χ0) is 22.5. The van der Waals surface area contributed by atoms with E-state index in [0.717, 1.165) is 5.56 Å². The first-order valence-corrected chi connectivity index (χ1v) is 10.8. The Balaban J connectivity index is 1.59. The fourth-order valence-electron chi connectivity index (χ4n) is 3.83. The summed E-state index contributed by atoms with van der Waals surface area (Å²) in [5, 5.41) is 13.1. The lowest BCUT2D eigenvalue weighted by atomic mass is 10.0. The summed E-state index contributed by atoms with van der Waals surface area (Å²) < 4.78 is 20.7. The average molecular weight is 459 g/mol. The molecule has 4 rings (SSSR count). The van der Waals surface area contributed by atoms with Gasteiger partial charge in [0.05, 0.1) is 24.4 Å². The fraction of sp³-hybridized carbons (Fsp3) is 0.348. The van der Waals surface area contributed by atoms with Crippen LogP contribution in [0.2, 0.25) is 5.02 Å². The lowest BCUT2D eigenvalue weighted by Gasteiger charge is -2.26. The minimum Gasteiger partial charge on any atom is -0.396 e. The van der Waals surface area contributed by atoms with E-state index in [4.69, 9.17) is 16.3 Å². The third-order valence-electron chi connectivity index (χ3n) is 5.47. The van der Waals surface area contributed by atoms with Gasteiger partial charge in [0.15, 0.2) is 0 Å². The Morgan fingerprint density at radius 1 is 1.31 bits per heavy atom. The van der Waals surface area contributed by atoms with Gasteiger partial charge in [-0.3, -0.25) is 4.79 Å². The SMILES string of the molecule is O=c1cc(-c2ccnc(N[C@@H]3CCOC[C@H]3F)n2)ccn1[C@H](CCO)c1cccc(Cl)c1. The molecule has 0 spiro atoms. The predicted octanol–water partition coefficient (Wildman–Crippen LogP) is 3.47. The molecular formula is C23H24ClFN4O3. The number of benzene rings is 1. The van der Waals surface area contributed by atoms with Gasteiger partial charge in [0, 0.05) is 42.3 Å². The van der Waals surface area contributed by atoms with Crippen LogP contribution in [-0.4, -0.2) is 51.7 Å². The minimum absolute atomic E-state index is 0.0528. The van der Waals surface area contributed by atoms with Crippen LogP contribution in [0.5, 0.6) is 0 Å². The number of alkyl halides is 1. The predicted molar refractivity (Wildman–Crippen MR) is 121 cm³/mol. The zero-order valence-electron chi connectivity index (χ0n) is 17.3. The Morgan fingerprint density at radius 2 is 2.19 bits per heavy atom. The van der Waals surface area contributed by atoms with Crippen molar-refractivity contribution in [1.82, 2.24) is 14.5 Å². The van der Waals surface area contributed by atoms with Crippen molar-refractivity contribution in [2.45, 2.75) is 31.1 Å². The number of pyridine rings is 1. The molecule has 0 radical (unpaired) electrons. The number of anilines is 1. The number of nitrogens with one attached hydrogen (secondary N) is 1. The third kappa shape index (κ3) is 5.15. The Hall–Kier alpha value is -2.81. The lowest BCUT2D eigenvalue weighted by molar-refractivity contribution is 0.0284. The van der Waals surface area contributed by atoms with E-state index in [1.165, 1.54) is 6.07 Å². The maximum atomic E-state index is 14.0. The summed E-state index contributed by atoms with van der Waals surface area (Å²) >= 11 is 6.11. The van der Waals surface area contributed by atoms with Crippen molar-refractivity contribution in [1.29, 1.82) is 0 Å². The summed E-state index contributed by atoms with van der Waals surface area (Å²) in [5.41, 5.74) is 1.78. The molecule has 1 aliphatic heterocycles. The first-order chi connectivity index (χ1) is 15.5. The molecular weight excluding hydrogens is 435 g/mol. The molecule has 32 heavy (non-hydrogen) atoms. The van der Waals surface area contributed by atoms with Gasteiger partial charge in [0.2, 0.25) is 5.95 Å². The summed E-state index contributed by atoms with van der Waals surface area (Å²) in [6.07, 6.45) is 3.03. The molecule has 2 N–H and O–H groups in total. The van der Waals surface area contributed by atoms with Crippen molar-refractivity contribution in [3.05, 3.63) is 75.8 Å². The second kappa shape index (κ2) is 10.2. The third-order valence-corrected chi connectivity index (χ3v) is 5.71. The molecule has 0 saturated carbocycles. The number of aliphatic hydroxyl groups is 1. The summed E-state index contributed by atoms with van der Waals surface area (Å²) in [7, 11) is 0. The molecule has 0 aliphatic carbocycles. The van der Waals surface area contributed by atoms with E-state index in [9.17, 15) is 14.3 Å². The normalized spacial score (nSPS) is 19.5. The molecule has 0 amide bonds.